The summed E-state index contributed by atoms with van der Waals surface area (Å²) in [5, 5.41) is 2.75. The van der Waals surface area contributed by atoms with E-state index in [0.29, 0.717) is 50.7 Å². The highest BCUT2D eigenvalue weighted by atomic mass is 16.6. The molecule has 1 aromatic carbocycles. The van der Waals surface area contributed by atoms with Gasteiger partial charge in [-0.05, 0) is 77.8 Å². The molecule has 2 atom stereocenters. The maximum absolute atomic E-state index is 12.9. The summed E-state index contributed by atoms with van der Waals surface area (Å²) in [6.07, 6.45) is 4.08. The highest BCUT2D eigenvalue weighted by molar-refractivity contribution is 5.87. The van der Waals surface area contributed by atoms with Crippen LogP contribution in [0.5, 0.6) is 5.75 Å². The molecule has 2 saturated heterocycles. The molecular weight excluding hydrogens is 474 g/mol. The van der Waals surface area contributed by atoms with Crippen LogP contribution >= 0.6 is 0 Å². The van der Waals surface area contributed by atoms with Gasteiger partial charge in [0.05, 0.1) is 5.92 Å². The minimum absolute atomic E-state index is 0.0589. The molecule has 2 aliphatic heterocycles. The Morgan fingerprint density at radius 3 is 2.32 bits per heavy atom. The van der Waals surface area contributed by atoms with E-state index in [4.69, 9.17) is 9.47 Å². The van der Waals surface area contributed by atoms with Gasteiger partial charge >= 0.3 is 12.1 Å². The molecule has 1 N–H and O–H groups in total. The number of amides is 3. The van der Waals surface area contributed by atoms with E-state index in [1.807, 2.05) is 26.8 Å². The SMILES string of the molecule is C[C@@H](NC(=O)[C@@H]1CCCN(C(=O)CCC2CCN(C(=O)OC(C)(C)C)CC2)C1)C(=O)Oc1ccccc1. The van der Waals surface area contributed by atoms with Gasteiger partial charge < -0.3 is 24.6 Å². The first-order valence-corrected chi connectivity index (χ1v) is 13.3. The molecule has 0 saturated carbocycles. The molecular formula is C28H41N3O6. The number of ether oxygens (including phenoxy) is 2. The lowest BCUT2D eigenvalue weighted by Gasteiger charge is -2.34. The zero-order valence-electron chi connectivity index (χ0n) is 22.5. The lowest BCUT2D eigenvalue weighted by Crippen LogP contribution is -2.49. The monoisotopic (exact) mass is 515 g/mol. The number of benzene rings is 1. The van der Waals surface area contributed by atoms with Crippen LogP contribution in [0, 0.1) is 11.8 Å². The third-order valence-corrected chi connectivity index (χ3v) is 6.85. The van der Waals surface area contributed by atoms with Crippen LogP contribution in [-0.4, -0.2) is 71.5 Å². The molecule has 9 heteroatoms. The van der Waals surface area contributed by atoms with E-state index in [1.54, 1.807) is 41.0 Å². The second kappa shape index (κ2) is 12.9. The molecule has 37 heavy (non-hydrogen) atoms. The van der Waals surface area contributed by atoms with E-state index in [-0.39, 0.29) is 23.8 Å². The first-order chi connectivity index (χ1) is 17.5. The number of hydrogen-bond donors (Lipinski definition) is 1. The largest absolute Gasteiger partial charge is 0.444 e. The Morgan fingerprint density at radius 2 is 1.68 bits per heavy atom. The fourth-order valence-electron chi connectivity index (χ4n) is 4.72. The van der Waals surface area contributed by atoms with Crippen LogP contribution in [0.2, 0.25) is 0 Å². The van der Waals surface area contributed by atoms with Crippen LogP contribution in [0.4, 0.5) is 4.79 Å². The standard InChI is InChI=1S/C28H41N3O6/c1-20(26(34)36-23-10-6-5-7-11-23)29-25(33)22-9-8-16-31(19-22)24(32)13-12-21-14-17-30(18-15-21)27(35)37-28(2,3)4/h5-7,10-11,20-22H,8-9,12-19H2,1-4H3,(H,29,33)/t20-,22-/m1/s1. The van der Waals surface area contributed by atoms with Crippen LogP contribution in [-0.2, 0) is 19.1 Å². The smallest absolute Gasteiger partial charge is 0.410 e. The van der Waals surface area contributed by atoms with Gasteiger partial charge in [-0.15, -0.1) is 0 Å². The number of likely N-dealkylation sites (tertiary alicyclic amines) is 2. The zero-order valence-corrected chi connectivity index (χ0v) is 22.5. The Balaban J connectivity index is 1.39. The summed E-state index contributed by atoms with van der Waals surface area (Å²) in [6.45, 7) is 9.47. The van der Waals surface area contributed by atoms with Crippen molar-refractivity contribution in [3.05, 3.63) is 30.3 Å². The Kier molecular flexibility index (Phi) is 9.94. The highest BCUT2D eigenvalue weighted by Crippen LogP contribution is 2.25. The number of carbonyl (C=O) groups excluding carboxylic acids is 4. The van der Waals surface area contributed by atoms with E-state index < -0.39 is 17.6 Å². The van der Waals surface area contributed by atoms with Crippen molar-refractivity contribution in [3.63, 3.8) is 0 Å². The van der Waals surface area contributed by atoms with E-state index in [2.05, 4.69) is 5.32 Å². The van der Waals surface area contributed by atoms with Gasteiger partial charge in [0.15, 0.2) is 0 Å². The van der Waals surface area contributed by atoms with Crippen LogP contribution in [0.3, 0.4) is 0 Å². The maximum atomic E-state index is 12.9. The molecule has 204 valence electrons. The Labute approximate surface area is 219 Å². The van der Waals surface area contributed by atoms with Crippen molar-refractivity contribution in [2.75, 3.05) is 26.2 Å². The van der Waals surface area contributed by atoms with E-state index in [1.165, 1.54) is 0 Å². The molecule has 0 unspecified atom stereocenters. The zero-order chi connectivity index (χ0) is 27.0. The summed E-state index contributed by atoms with van der Waals surface area (Å²) >= 11 is 0. The normalized spacial score (nSPS) is 19.6. The van der Waals surface area contributed by atoms with Gasteiger partial charge in [-0.1, -0.05) is 18.2 Å². The number of carbonyl (C=O) groups is 4. The molecule has 3 amide bonds. The van der Waals surface area contributed by atoms with Crippen molar-refractivity contribution in [2.24, 2.45) is 11.8 Å². The second-order valence-corrected chi connectivity index (χ2v) is 11.1. The number of para-hydroxylation sites is 1. The van der Waals surface area contributed by atoms with Crippen LogP contribution in [0.1, 0.15) is 66.2 Å². The summed E-state index contributed by atoms with van der Waals surface area (Å²) < 4.78 is 10.8. The Bertz CT molecular complexity index is 937. The summed E-state index contributed by atoms with van der Waals surface area (Å²) in [5.74, 6) is -0.225. The summed E-state index contributed by atoms with van der Waals surface area (Å²) in [4.78, 5) is 53.8. The van der Waals surface area contributed by atoms with Crippen molar-refractivity contribution in [1.29, 1.82) is 0 Å². The van der Waals surface area contributed by atoms with Crippen molar-refractivity contribution >= 4 is 23.9 Å². The van der Waals surface area contributed by atoms with Crippen molar-refractivity contribution in [2.45, 2.75) is 77.9 Å². The molecule has 9 nitrogen and oxygen atoms in total. The Morgan fingerprint density at radius 1 is 1.00 bits per heavy atom. The second-order valence-electron chi connectivity index (χ2n) is 11.1. The molecule has 0 radical (unpaired) electrons. The first-order valence-electron chi connectivity index (χ1n) is 13.3. The summed E-state index contributed by atoms with van der Waals surface area (Å²) in [7, 11) is 0. The topological polar surface area (TPSA) is 105 Å². The number of nitrogens with one attached hydrogen (secondary N) is 1. The van der Waals surface area contributed by atoms with Crippen LogP contribution < -0.4 is 10.1 Å². The Hall–Kier alpha value is -3.10. The number of hydrogen-bond acceptors (Lipinski definition) is 6. The molecule has 0 spiro atoms. The third-order valence-electron chi connectivity index (χ3n) is 6.85. The maximum Gasteiger partial charge on any atom is 0.410 e. The average molecular weight is 516 g/mol. The summed E-state index contributed by atoms with van der Waals surface area (Å²) in [6, 6.07) is 7.95. The van der Waals surface area contributed by atoms with Gasteiger partial charge in [-0.3, -0.25) is 9.59 Å². The molecule has 2 fully saturated rings. The summed E-state index contributed by atoms with van der Waals surface area (Å²) in [5.41, 5.74) is -0.507. The van der Waals surface area contributed by atoms with E-state index in [9.17, 15) is 19.2 Å². The van der Waals surface area contributed by atoms with Gasteiger partial charge in [-0.25, -0.2) is 9.59 Å². The fourth-order valence-corrected chi connectivity index (χ4v) is 4.72. The average Bonchev–Trinajstić information content (AvgIpc) is 2.87. The van der Waals surface area contributed by atoms with Crippen LogP contribution in [0.25, 0.3) is 0 Å². The highest BCUT2D eigenvalue weighted by Gasteiger charge is 2.31. The van der Waals surface area contributed by atoms with E-state index in [0.717, 1.165) is 25.7 Å². The molecule has 2 aliphatic rings. The lowest BCUT2D eigenvalue weighted by molar-refractivity contribution is -0.141. The predicted octanol–water partition coefficient (Wildman–Crippen LogP) is 3.76. The van der Waals surface area contributed by atoms with Crippen molar-refractivity contribution in [3.8, 4) is 5.75 Å². The molecule has 0 aliphatic carbocycles. The number of piperidine rings is 2. The minimum atomic E-state index is -0.787. The molecule has 0 aromatic heterocycles. The first kappa shape index (κ1) is 28.5. The third kappa shape index (κ3) is 9.05. The number of rotatable bonds is 7. The van der Waals surface area contributed by atoms with Gasteiger partial charge in [0.25, 0.3) is 0 Å². The lowest BCUT2D eigenvalue weighted by atomic mass is 9.91. The van der Waals surface area contributed by atoms with Crippen molar-refractivity contribution in [1.82, 2.24) is 15.1 Å². The number of nitrogens with zero attached hydrogens (tertiary/aromatic N) is 2. The van der Waals surface area contributed by atoms with Gasteiger partial charge in [0.2, 0.25) is 11.8 Å². The predicted molar refractivity (Wildman–Crippen MR) is 139 cm³/mol. The van der Waals surface area contributed by atoms with Gasteiger partial charge in [0.1, 0.15) is 17.4 Å². The molecule has 1 aromatic rings. The molecule has 3 rings (SSSR count). The number of esters is 1. The molecule has 0 bridgehead atoms. The van der Waals surface area contributed by atoms with Gasteiger partial charge in [-0.2, -0.15) is 0 Å². The minimum Gasteiger partial charge on any atom is -0.444 e. The quantitative estimate of drug-likeness (QED) is 0.438. The van der Waals surface area contributed by atoms with E-state index >= 15 is 0 Å². The van der Waals surface area contributed by atoms with Crippen LogP contribution in [0.15, 0.2) is 30.3 Å². The van der Waals surface area contributed by atoms with Crippen molar-refractivity contribution < 1.29 is 28.7 Å². The van der Waals surface area contributed by atoms with Gasteiger partial charge in [0, 0.05) is 32.6 Å². The fraction of sp³-hybridized carbons (Fsp3) is 0.643. The molecule has 2 heterocycles.